The molecule has 2 atom stereocenters. The molecule has 4 nitrogen and oxygen atoms in total. The van der Waals surface area contributed by atoms with Crippen LogP contribution in [0.15, 0.2) is 24.3 Å². The summed E-state index contributed by atoms with van der Waals surface area (Å²) in [7, 11) is 0. The smallest absolute Gasteiger partial charge is 0.255 e. The van der Waals surface area contributed by atoms with Gasteiger partial charge in [-0.15, -0.1) is 0 Å². The Balaban J connectivity index is 2.12. The van der Waals surface area contributed by atoms with Gasteiger partial charge in [-0.2, -0.15) is 0 Å². The van der Waals surface area contributed by atoms with Crippen LogP contribution in [0.5, 0.6) is 0 Å². The summed E-state index contributed by atoms with van der Waals surface area (Å²) in [6.07, 6.45) is -0.106. The van der Waals surface area contributed by atoms with Crippen molar-refractivity contribution in [1.29, 1.82) is 0 Å². The van der Waals surface area contributed by atoms with E-state index >= 15 is 0 Å². The van der Waals surface area contributed by atoms with E-state index in [1.54, 1.807) is 17.0 Å². The predicted molar refractivity (Wildman–Crippen MR) is 70.7 cm³/mol. The molecular formula is C13H17ClN2O2. The first kappa shape index (κ1) is 13.3. The van der Waals surface area contributed by atoms with Crippen molar-refractivity contribution in [1.82, 2.24) is 4.90 Å². The maximum Gasteiger partial charge on any atom is 0.255 e. The quantitative estimate of drug-likeness (QED) is 0.885. The van der Waals surface area contributed by atoms with Crippen LogP contribution >= 0.6 is 11.6 Å². The van der Waals surface area contributed by atoms with E-state index in [0.29, 0.717) is 30.3 Å². The van der Waals surface area contributed by atoms with Gasteiger partial charge in [-0.25, -0.2) is 0 Å². The van der Waals surface area contributed by atoms with Crippen LogP contribution in [0.2, 0.25) is 5.02 Å². The normalized spacial score (nSPS) is 21.7. The van der Waals surface area contributed by atoms with E-state index in [1.807, 2.05) is 19.1 Å². The lowest BCUT2D eigenvalue weighted by Gasteiger charge is -2.34. The molecule has 0 saturated carbocycles. The number of carbonyl (C=O) groups excluding carboxylic acids is 1. The monoisotopic (exact) mass is 268 g/mol. The third-order valence-electron chi connectivity index (χ3n) is 3.07. The molecule has 1 aromatic carbocycles. The van der Waals surface area contributed by atoms with Crippen LogP contribution in [0.25, 0.3) is 0 Å². The van der Waals surface area contributed by atoms with Crippen molar-refractivity contribution >= 4 is 17.5 Å². The van der Waals surface area contributed by atoms with Crippen molar-refractivity contribution in [2.75, 3.05) is 19.7 Å². The number of amides is 1. The summed E-state index contributed by atoms with van der Waals surface area (Å²) < 4.78 is 5.53. The Bertz CT molecular complexity index is 437. The van der Waals surface area contributed by atoms with Crippen molar-refractivity contribution in [3.8, 4) is 0 Å². The SMILES string of the molecule is CC(N)C1CN(C(=O)c2ccccc2Cl)CCO1. The number of rotatable bonds is 2. The van der Waals surface area contributed by atoms with Crippen LogP contribution in [-0.4, -0.2) is 42.6 Å². The number of nitrogens with two attached hydrogens (primary N) is 1. The molecule has 2 rings (SSSR count). The summed E-state index contributed by atoms with van der Waals surface area (Å²) >= 11 is 6.03. The zero-order valence-corrected chi connectivity index (χ0v) is 11.1. The van der Waals surface area contributed by atoms with Crippen molar-refractivity contribution in [2.45, 2.75) is 19.1 Å². The summed E-state index contributed by atoms with van der Waals surface area (Å²) in [4.78, 5) is 14.1. The van der Waals surface area contributed by atoms with E-state index in [2.05, 4.69) is 0 Å². The van der Waals surface area contributed by atoms with E-state index in [9.17, 15) is 4.79 Å². The predicted octanol–water partition coefficient (Wildman–Crippen LogP) is 1.53. The molecular weight excluding hydrogens is 252 g/mol. The number of halogens is 1. The van der Waals surface area contributed by atoms with Gasteiger partial charge in [0, 0.05) is 19.1 Å². The molecule has 0 spiro atoms. The molecule has 2 N–H and O–H groups in total. The van der Waals surface area contributed by atoms with Gasteiger partial charge in [0.05, 0.1) is 23.3 Å². The van der Waals surface area contributed by atoms with Crippen molar-refractivity contribution < 1.29 is 9.53 Å². The lowest BCUT2D eigenvalue weighted by Crippen LogP contribution is -2.51. The van der Waals surface area contributed by atoms with Gasteiger partial charge in [0.15, 0.2) is 0 Å². The molecule has 98 valence electrons. The van der Waals surface area contributed by atoms with Crippen LogP contribution in [0, 0.1) is 0 Å². The average molecular weight is 269 g/mol. The third kappa shape index (κ3) is 2.83. The van der Waals surface area contributed by atoms with Gasteiger partial charge in [0.1, 0.15) is 0 Å². The number of benzene rings is 1. The minimum absolute atomic E-state index is 0.0606. The van der Waals surface area contributed by atoms with Gasteiger partial charge in [0.2, 0.25) is 0 Å². The molecule has 1 aliphatic rings. The molecule has 2 unspecified atom stereocenters. The Kier molecular flexibility index (Phi) is 4.22. The average Bonchev–Trinajstić information content (AvgIpc) is 2.38. The number of nitrogens with zero attached hydrogens (tertiary/aromatic N) is 1. The molecule has 0 aromatic heterocycles. The minimum atomic E-state index is -0.106. The fraction of sp³-hybridized carbons (Fsp3) is 0.462. The van der Waals surface area contributed by atoms with Crippen LogP contribution < -0.4 is 5.73 Å². The number of morpholine rings is 1. The van der Waals surface area contributed by atoms with Crippen molar-refractivity contribution in [3.05, 3.63) is 34.9 Å². The van der Waals surface area contributed by atoms with Gasteiger partial charge >= 0.3 is 0 Å². The topological polar surface area (TPSA) is 55.6 Å². The largest absolute Gasteiger partial charge is 0.373 e. The lowest BCUT2D eigenvalue weighted by molar-refractivity contribution is -0.0300. The van der Waals surface area contributed by atoms with Crippen molar-refractivity contribution in [3.63, 3.8) is 0 Å². The van der Waals surface area contributed by atoms with Crippen molar-refractivity contribution in [2.24, 2.45) is 5.73 Å². The summed E-state index contributed by atoms with van der Waals surface area (Å²) in [6.45, 7) is 3.49. The highest BCUT2D eigenvalue weighted by molar-refractivity contribution is 6.33. The van der Waals surface area contributed by atoms with Gasteiger partial charge in [0.25, 0.3) is 5.91 Å². The van der Waals surface area contributed by atoms with Gasteiger partial charge in [-0.05, 0) is 19.1 Å². The van der Waals surface area contributed by atoms with E-state index in [-0.39, 0.29) is 18.1 Å². The maximum absolute atomic E-state index is 12.3. The number of ether oxygens (including phenoxy) is 1. The van der Waals surface area contributed by atoms with Crippen LogP contribution in [0.1, 0.15) is 17.3 Å². The highest BCUT2D eigenvalue weighted by Crippen LogP contribution is 2.19. The maximum atomic E-state index is 12.3. The Labute approximate surface area is 112 Å². The van der Waals surface area contributed by atoms with Gasteiger partial charge < -0.3 is 15.4 Å². The summed E-state index contributed by atoms with van der Waals surface area (Å²) in [5.41, 5.74) is 6.34. The fourth-order valence-corrected chi connectivity index (χ4v) is 2.20. The molecule has 1 amide bonds. The highest BCUT2D eigenvalue weighted by Gasteiger charge is 2.27. The van der Waals surface area contributed by atoms with Crippen LogP contribution in [0.3, 0.4) is 0 Å². The molecule has 0 aliphatic carbocycles. The van der Waals surface area contributed by atoms with E-state index in [0.717, 1.165) is 0 Å². The minimum Gasteiger partial charge on any atom is -0.373 e. The molecule has 1 saturated heterocycles. The first-order valence-electron chi connectivity index (χ1n) is 6.00. The van der Waals surface area contributed by atoms with Crippen LogP contribution in [-0.2, 0) is 4.74 Å². The third-order valence-corrected chi connectivity index (χ3v) is 3.40. The summed E-state index contributed by atoms with van der Waals surface area (Å²) in [5.74, 6) is -0.0606. The number of hydrogen-bond donors (Lipinski definition) is 1. The molecule has 0 radical (unpaired) electrons. The Hall–Kier alpha value is -1.10. The second-order valence-corrected chi connectivity index (χ2v) is 4.91. The second-order valence-electron chi connectivity index (χ2n) is 4.50. The van der Waals surface area contributed by atoms with E-state index in [1.165, 1.54) is 0 Å². The molecule has 1 fully saturated rings. The summed E-state index contributed by atoms with van der Waals surface area (Å²) in [5, 5.41) is 0.478. The summed E-state index contributed by atoms with van der Waals surface area (Å²) in [6, 6.07) is 6.98. The fourth-order valence-electron chi connectivity index (χ4n) is 1.98. The lowest BCUT2D eigenvalue weighted by atomic mass is 10.1. The zero-order chi connectivity index (χ0) is 13.1. The Morgan fingerprint density at radius 1 is 1.56 bits per heavy atom. The molecule has 1 aliphatic heterocycles. The van der Waals surface area contributed by atoms with Gasteiger partial charge in [-0.1, -0.05) is 23.7 Å². The van der Waals surface area contributed by atoms with E-state index in [4.69, 9.17) is 22.1 Å². The van der Waals surface area contributed by atoms with E-state index < -0.39 is 0 Å². The number of carbonyl (C=O) groups is 1. The van der Waals surface area contributed by atoms with Crippen LogP contribution in [0.4, 0.5) is 0 Å². The Morgan fingerprint density at radius 2 is 2.28 bits per heavy atom. The van der Waals surface area contributed by atoms with Gasteiger partial charge in [-0.3, -0.25) is 4.79 Å². The first-order chi connectivity index (χ1) is 8.59. The molecule has 0 bridgehead atoms. The number of hydrogen-bond acceptors (Lipinski definition) is 3. The second kappa shape index (κ2) is 5.69. The molecule has 5 heteroatoms. The molecule has 18 heavy (non-hydrogen) atoms. The first-order valence-corrected chi connectivity index (χ1v) is 6.38. The standard InChI is InChI=1S/C13H17ClN2O2/c1-9(15)12-8-16(6-7-18-12)13(17)10-4-2-3-5-11(10)14/h2-5,9,12H,6-8,15H2,1H3. The molecule has 1 heterocycles. The Morgan fingerprint density at radius 3 is 2.94 bits per heavy atom. The highest BCUT2D eigenvalue weighted by atomic mass is 35.5. The zero-order valence-electron chi connectivity index (χ0n) is 10.3. The molecule has 1 aromatic rings.